The van der Waals surface area contributed by atoms with Gasteiger partial charge >= 0.3 is 0 Å². The second kappa shape index (κ2) is 9.56. The zero-order valence-corrected chi connectivity index (χ0v) is 18.2. The van der Waals surface area contributed by atoms with Crippen LogP contribution in [0.3, 0.4) is 0 Å². The lowest BCUT2D eigenvalue weighted by Crippen LogP contribution is -2.48. The first kappa shape index (κ1) is 20.2. The minimum Gasteiger partial charge on any atom is -0.443 e. The molecule has 1 fully saturated rings. The number of guanidine groups is 1. The van der Waals surface area contributed by atoms with Gasteiger partial charge in [0.25, 0.3) is 0 Å². The number of nitrogens with one attached hydrogen (secondary N) is 1. The van der Waals surface area contributed by atoms with Gasteiger partial charge in [0.05, 0.1) is 11.4 Å². The summed E-state index contributed by atoms with van der Waals surface area (Å²) in [6.07, 6.45) is 3.01. The van der Waals surface area contributed by atoms with Crippen molar-refractivity contribution in [3.8, 4) is 10.8 Å². The molecule has 5 nitrogen and oxygen atoms in total. The summed E-state index contributed by atoms with van der Waals surface area (Å²) < 4.78 is 5.58. The molecule has 0 saturated carbocycles. The fourth-order valence-corrected chi connectivity index (χ4v) is 3.97. The number of likely N-dealkylation sites (tertiary alicyclic amines) is 1. The third-order valence-electron chi connectivity index (χ3n) is 4.18. The van der Waals surface area contributed by atoms with Crippen molar-refractivity contribution in [3.63, 3.8) is 0 Å². The van der Waals surface area contributed by atoms with Crippen LogP contribution in [-0.2, 0) is 6.54 Å². The Labute approximate surface area is 171 Å². The molecule has 25 heavy (non-hydrogen) atoms. The van der Waals surface area contributed by atoms with Gasteiger partial charge in [-0.15, -0.1) is 35.3 Å². The standard InChI is InChI=1S/C18H26N4OS.HI/c1-4-19-18(22-10-13(2)8-14(3)11-22)20-9-15-12-23-17(21-15)16-6-5-7-24-16;/h5-7,12-14H,4,8-11H2,1-3H3,(H,19,20);1H. The van der Waals surface area contributed by atoms with Crippen LogP contribution in [0, 0.1) is 11.8 Å². The van der Waals surface area contributed by atoms with Crippen molar-refractivity contribution in [1.82, 2.24) is 15.2 Å². The summed E-state index contributed by atoms with van der Waals surface area (Å²) in [5, 5.41) is 5.44. The number of thiophene rings is 1. The molecular formula is C18H27IN4OS. The lowest BCUT2D eigenvalue weighted by atomic mass is 9.92. The summed E-state index contributed by atoms with van der Waals surface area (Å²) >= 11 is 1.63. The largest absolute Gasteiger partial charge is 0.443 e. The van der Waals surface area contributed by atoms with Crippen molar-refractivity contribution in [2.24, 2.45) is 16.8 Å². The van der Waals surface area contributed by atoms with E-state index in [0.29, 0.717) is 24.3 Å². The number of oxazole rings is 1. The summed E-state index contributed by atoms with van der Waals surface area (Å²) in [6.45, 7) is 10.3. The molecular weight excluding hydrogens is 447 g/mol. The van der Waals surface area contributed by atoms with E-state index in [1.807, 2.05) is 17.5 Å². The lowest BCUT2D eigenvalue weighted by Gasteiger charge is -2.37. The molecule has 2 aromatic rings. The van der Waals surface area contributed by atoms with Crippen molar-refractivity contribution in [2.45, 2.75) is 33.7 Å². The number of hydrogen-bond donors (Lipinski definition) is 1. The predicted octanol–water partition coefficient (Wildman–Crippen LogP) is 4.46. The molecule has 1 N–H and O–H groups in total. The highest BCUT2D eigenvalue weighted by Crippen LogP contribution is 2.24. The molecule has 138 valence electrons. The van der Waals surface area contributed by atoms with Gasteiger partial charge in [0.2, 0.25) is 5.89 Å². The third kappa shape index (κ3) is 5.44. The average molecular weight is 474 g/mol. The monoisotopic (exact) mass is 474 g/mol. The molecule has 1 aliphatic rings. The highest BCUT2D eigenvalue weighted by Gasteiger charge is 2.24. The Morgan fingerprint density at radius 2 is 2.16 bits per heavy atom. The molecule has 2 atom stereocenters. The Morgan fingerprint density at radius 3 is 2.80 bits per heavy atom. The highest BCUT2D eigenvalue weighted by atomic mass is 127. The Kier molecular flexibility index (Phi) is 7.74. The molecule has 0 radical (unpaired) electrons. The predicted molar refractivity (Wildman–Crippen MR) is 115 cm³/mol. The number of aromatic nitrogens is 1. The van der Waals surface area contributed by atoms with Crippen molar-refractivity contribution >= 4 is 41.3 Å². The van der Waals surface area contributed by atoms with Gasteiger partial charge in [0.1, 0.15) is 12.0 Å². The van der Waals surface area contributed by atoms with Crippen LogP contribution >= 0.6 is 35.3 Å². The van der Waals surface area contributed by atoms with Gasteiger partial charge in [-0.3, -0.25) is 0 Å². The molecule has 2 aromatic heterocycles. The molecule has 2 unspecified atom stereocenters. The van der Waals surface area contributed by atoms with Crippen molar-refractivity contribution in [1.29, 1.82) is 0 Å². The van der Waals surface area contributed by atoms with Crippen LogP contribution in [0.15, 0.2) is 33.2 Å². The van der Waals surface area contributed by atoms with Crippen LogP contribution < -0.4 is 5.32 Å². The van der Waals surface area contributed by atoms with E-state index in [1.54, 1.807) is 17.6 Å². The summed E-state index contributed by atoms with van der Waals surface area (Å²) in [5.74, 6) is 3.07. The van der Waals surface area contributed by atoms with Gasteiger partial charge in [0, 0.05) is 19.6 Å². The number of hydrogen-bond acceptors (Lipinski definition) is 4. The van der Waals surface area contributed by atoms with E-state index in [9.17, 15) is 0 Å². The van der Waals surface area contributed by atoms with Crippen LogP contribution in [-0.4, -0.2) is 35.5 Å². The topological polar surface area (TPSA) is 53.7 Å². The third-order valence-corrected chi connectivity index (χ3v) is 5.04. The second-order valence-corrected chi connectivity index (χ2v) is 7.59. The smallest absolute Gasteiger partial charge is 0.236 e. The quantitative estimate of drug-likeness (QED) is 0.404. The number of rotatable bonds is 4. The Balaban J connectivity index is 0.00000225. The molecule has 0 aliphatic carbocycles. The zero-order chi connectivity index (χ0) is 16.9. The Morgan fingerprint density at radius 1 is 1.40 bits per heavy atom. The normalized spacial score (nSPS) is 21.1. The molecule has 1 aliphatic heterocycles. The Hall–Kier alpha value is -1.09. The minimum absolute atomic E-state index is 0. The van der Waals surface area contributed by atoms with E-state index < -0.39 is 0 Å². The highest BCUT2D eigenvalue weighted by molar-refractivity contribution is 14.0. The van der Waals surface area contributed by atoms with E-state index in [1.165, 1.54) is 6.42 Å². The van der Waals surface area contributed by atoms with Gasteiger partial charge in [-0.1, -0.05) is 19.9 Å². The molecule has 0 aromatic carbocycles. The van der Waals surface area contributed by atoms with Crippen LogP contribution in [0.4, 0.5) is 0 Å². The Bertz CT molecular complexity index is 660. The number of piperidine rings is 1. The molecule has 7 heteroatoms. The van der Waals surface area contributed by atoms with Gasteiger partial charge < -0.3 is 14.6 Å². The van der Waals surface area contributed by atoms with Crippen LogP contribution in [0.5, 0.6) is 0 Å². The summed E-state index contributed by atoms with van der Waals surface area (Å²) in [5.41, 5.74) is 0.868. The van der Waals surface area contributed by atoms with Crippen molar-refractivity contribution in [2.75, 3.05) is 19.6 Å². The van der Waals surface area contributed by atoms with Crippen molar-refractivity contribution < 1.29 is 4.42 Å². The van der Waals surface area contributed by atoms with E-state index >= 15 is 0 Å². The zero-order valence-electron chi connectivity index (χ0n) is 15.1. The summed E-state index contributed by atoms with van der Waals surface area (Å²) in [7, 11) is 0. The van der Waals surface area contributed by atoms with Gasteiger partial charge in [-0.05, 0) is 36.6 Å². The fourth-order valence-electron chi connectivity index (χ4n) is 3.31. The van der Waals surface area contributed by atoms with E-state index in [2.05, 4.69) is 36.0 Å². The SMILES string of the molecule is CCNC(=NCc1coc(-c2cccs2)n1)N1CC(C)CC(C)C1.I. The van der Waals surface area contributed by atoms with E-state index in [0.717, 1.165) is 36.2 Å². The maximum atomic E-state index is 5.58. The molecule has 0 amide bonds. The van der Waals surface area contributed by atoms with Crippen LogP contribution in [0.2, 0.25) is 0 Å². The van der Waals surface area contributed by atoms with Crippen LogP contribution in [0.1, 0.15) is 32.9 Å². The van der Waals surface area contributed by atoms with Gasteiger partial charge in [0.15, 0.2) is 5.96 Å². The van der Waals surface area contributed by atoms with Crippen molar-refractivity contribution in [3.05, 3.63) is 29.5 Å². The lowest BCUT2D eigenvalue weighted by molar-refractivity contribution is 0.208. The first-order valence-electron chi connectivity index (χ1n) is 8.67. The van der Waals surface area contributed by atoms with E-state index in [4.69, 9.17) is 9.41 Å². The molecule has 3 rings (SSSR count). The second-order valence-electron chi connectivity index (χ2n) is 6.64. The van der Waals surface area contributed by atoms with Gasteiger partial charge in [-0.2, -0.15) is 0 Å². The van der Waals surface area contributed by atoms with Gasteiger partial charge in [-0.25, -0.2) is 9.98 Å². The summed E-state index contributed by atoms with van der Waals surface area (Å²) in [4.78, 5) is 12.8. The maximum absolute atomic E-state index is 5.58. The number of nitrogens with zero attached hydrogens (tertiary/aromatic N) is 3. The molecule has 3 heterocycles. The maximum Gasteiger partial charge on any atom is 0.236 e. The summed E-state index contributed by atoms with van der Waals surface area (Å²) in [6, 6.07) is 4.02. The number of halogens is 1. The number of aliphatic imine (C=N–C) groups is 1. The molecule has 0 spiro atoms. The fraction of sp³-hybridized carbons (Fsp3) is 0.556. The first-order valence-corrected chi connectivity index (χ1v) is 9.55. The first-order chi connectivity index (χ1) is 11.7. The van der Waals surface area contributed by atoms with E-state index in [-0.39, 0.29) is 24.0 Å². The average Bonchev–Trinajstić information content (AvgIpc) is 3.21. The molecule has 0 bridgehead atoms. The van der Waals surface area contributed by atoms with Crippen LogP contribution in [0.25, 0.3) is 10.8 Å². The molecule has 1 saturated heterocycles. The minimum atomic E-state index is 0.